The molecule has 0 aliphatic rings. The number of halogens is 1. The third kappa shape index (κ3) is 1.87. The van der Waals surface area contributed by atoms with Crippen molar-refractivity contribution in [1.82, 2.24) is 0 Å². The molecule has 0 bridgehead atoms. The minimum atomic E-state index is 0.692. The molecule has 0 N–H and O–H groups in total. The number of ether oxygens (including phenoxy) is 2. The highest BCUT2D eigenvalue weighted by molar-refractivity contribution is 9.10. The van der Waals surface area contributed by atoms with E-state index in [-0.39, 0.29) is 0 Å². The Kier molecular flexibility index (Phi) is 2.76. The Morgan fingerprint density at radius 2 is 2.00 bits per heavy atom. The Labute approximate surface area is 74.3 Å². The van der Waals surface area contributed by atoms with E-state index in [9.17, 15) is 0 Å². The van der Waals surface area contributed by atoms with Gasteiger partial charge in [-0.1, -0.05) is 0 Å². The summed E-state index contributed by atoms with van der Waals surface area (Å²) in [7, 11) is 3.21. The van der Waals surface area contributed by atoms with Crippen LogP contribution in [0.25, 0.3) is 0 Å². The summed E-state index contributed by atoms with van der Waals surface area (Å²) in [5, 5.41) is 0. The van der Waals surface area contributed by atoms with Crippen LogP contribution in [-0.2, 0) is 0 Å². The molecule has 0 heterocycles. The molecule has 11 heavy (non-hydrogen) atoms. The van der Waals surface area contributed by atoms with E-state index in [4.69, 9.17) is 9.47 Å². The summed E-state index contributed by atoms with van der Waals surface area (Å²) in [5.41, 5.74) is 0. The largest absolute Gasteiger partial charge is 0.496 e. The Morgan fingerprint density at radius 3 is 2.45 bits per heavy atom. The molecule has 3 heteroatoms. The van der Waals surface area contributed by atoms with Crippen molar-refractivity contribution in [1.29, 1.82) is 0 Å². The Hall–Kier alpha value is -0.700. The van der Waals surface area contributed by atoms with Crippen molar-refractivity contribution in [2.24, 2.45) is 0 Å². The molecule has 0 aromatic heterocycles. The van der Waals surface area contributed by atoms with Crippen LogP contribution in [0, 0.1) is 6.07 Å². The lowest BCUT2D eigenvalue weighted by Gasteiger charge is -2.03. The van der Waals surface area contributed by atoms with Gasteiger partial charge in [0.2, 0.25) is 0 Å². The molecule has 0 saturated heterocycles. The highest BCUT2D eigenvalue weighted by Crippen LogP contribution is 2.27. The molecule has 0 atom stereocenters. The first-order valence-corrected chi connectivity index (χ1v) is 3.87. The van der Waals surface area contributed by atoms with E-state index in [0.717, 1.165) is 10.2 Å². The number of benzene rings is 1. The van der Waals surface area contributed by atoms with Crippen LogP contribution in [0.15, 0.2) is 16.6 Å². The van der Waals surface area contributed by atoms with E-state index in [1.54, 1.807) is 20.3 Å². The van der Waals surface area contributed by atoms with Crippen molar-refractivity contribution in [3.8, 4) is 11.5 Å². The lowest BCUT2D eigenvalue weighted by Crippen LogP contribution is -1.86. The molecule has 0 spiro atoms. The minimum absolute atomic E-state index is 0.692. The first-order valence-electron chi connectivity index (χ1n) is 3.07. The fourth-order valence-corrected chi connectivity index (χ4v) is 1.20. The molecule has 1 radical (unpaired) electrons. The fourth-order valence-electron chi connectivity index (χ4n) is 0.713. The predicted molar refractivity (Wildman–Crippen MR) is 46.1 cm³/mol. The van der Waals surface area contributed by atoms with Gasteiger partial charge in [-0.25, -0.2) is 0 Å². The molecule has 0 saturated carbocycles. The van der Waals surface area contributed by atoms with Crippen molar-refractivity contribution in [2.75, 3.05) is 14.2 Å². The fraction of sp³-hybridized carbons (Fsp3) is 0.250. The van der Waals surface area contributed by atoms with Gasteiger partial charge in [0, 0.05) is 6.07 Å². The van der Waals surface area contributed by atoms with Crippen LogP contribution in [0.1, 0.15) is 0 Å². The highest BCUT2D eigenvalue weighted by atomic mass is 79.9. The second kappa shape index (κ2) is 3.62. The maximum absolute atomic E-state index is 5.01. The maximum Gasteiger partial charge on any atom is 0.133 e. The quantitative estimate of drug-likeness (QED) is 0.754. The molecular weight excluding hydrogens is 208 g/mol. The first kappa shape index (κ1) is 8.40. The van der Waals surface area contributed by atoms with Gasteiger partial charge in [0.05, 0.1) is 18.7 Å². The molecule has 0 aliphatic carbocycles. The van der Waals surface area contributed by atoms with Gasteiger partial charge in [0.1, 0.15) is 11.5 Å². The second-order valence-electron chi connectivity index (χ2n) is 1.91. The first-order chi connectivity index (χ1) is 5.27. The van der Waals surface area contributed by atoms with Crippen LogP contribution < -0.4 is 9.47 Å². The van der Waals surface area contributed by atoms with Crippen molar-refractivity contribution in [3.05, 3.63) is 22.7 Å². The summed E-state index contributed by atoms with van der Waals surface area (Å²) < 4.78 is 10.7. The van der Waals surface area contributed by atoms with Crippen molar-refractivity contribution < 1.29 is 9.47 Å². The van der Waals surface area contributed by atoms with Crippen LogP contribution in [0.2, 0.25) is 0 Å². The van der Waals surface area contributed by atoms with Crippen LogP contribution in [-0.4, -0.2) is 14.2 Å². The molecule has 2 nitrogen and oxygen atoms in total. The predicted octanol–water partition coefficient (Wildman–Crippen LogP) is 2.27. The van der Waals surface area contributed by atoms with Crippen LogP contribution in [0.3, 0.4) is 0 Å². The summed E-state index contributed by atoms with van der Waals surface area (Å²) in [6, 6.07) is 6.56. The SMILES string of the molecule is COc1[c]c(Br)c(OC)cc1. The lowest BCUT2D eigenvalue weighted by atomic mass is 10.3. The average molecular weight is 216 g/mol. The highest BCUT2D eigenvalue weighted by Gasteiger charge is 2.00. The number of methoxy groups -OCH3 is 2. The zero-order valence-electron chi connectivity index (χ0n) is 6.35. The van der Waals surface area contributed by atoms with Gasteiger partial charge in [0.25, 0.3) is 0 Å². The Bertz CT molecular complexity index is 248. The molecule has 0 fully saturated rings. The van der Waals surface area contributed by atoms with E-state index < -0.39 is 0 Å². The maximum atomic E-state index is 5.01. The normalized spacial score (nSPS) is 9.36. The molecule has 1 rings (SSSR count). The van der Waals surface area contributed by atoms with Crippen molar-refractivity contribution in [3.63, 3.8) is 0 Å². The van der Waals surface area contributed by atoms with Gasteiger partial charge in [-0.3, -0.25) is 0 Å². The molecule has 0 amide bonds. The van der Waals surface area contributed by atoms with E-state index in [0.29, 0.717) is 5.75 Å². The summed E-state index contributed by atoms with van der Waals surface area (Å²) >= 11 is 3.29. The van der Waals surface area contributed by atoms with Gasteiger partial charge < -0.3 is 9.47 Å². The third-order valence-electron chi connectivity index (χ3n) is 1.28. The van der Waals surface area contributed by atoms with Crippen LogP contribution in [0.4, 0.5) is 0 Å². The summed E-state index contributed by atoms with van der Waals surface area (Å²) in [6.45, 7) is 0. The van der Waals surface area contributed by atoms with Gasteiger partial charge in [-0.15, -0.1) is 0 Å². The standard InChI is InChI=1S/C8H8BrO2/c1-10-6-3-4-8(11-2)7(9)5-6/h3-4H,1-2H3. The monoisotopic (exact) mass is 215 g/mol. The number of hydrogen-bond donors (Lipinski definition) is 0. The van der Waals surface area contributed by atoms with Gasteiger partial charge in [-0.2, -0.15) is 0 Å². The summed E-state index contributed by atoms with van der Waals surface area (Å²) in [6.07, 6.45) is 0. The lowest BCUT2D eigenvalue weighted by molar-refractivity contribution is 0.400. The van der Waals surface area contributed by atoms with E-state index in [2.05, 4.69) is 22.0 Å². The smallest absolute Gasteiger partial charge is 0.133 e. The average Bonchev–Trinajstić information content (AvgIpc) is 2.04. The minimum Gasteiger partial charge on any atom is -0.496 e. The molecule has 0 unspecified atom stereocenters. The van der Waals surface area contributed by atoms with Gasteiger partial charge in [0.15, 0.2) is 0 Å². The van der Waals surface area contributed by atoms with E-state index in [1.807, 2.05) is 6.07 Å². The molecule has 1 aromatic carbocycles. The van der Waals surface area contributed by atoms with Gasteiger partial charge >= 0.3 is 0 Å². The summed E-state index contributed by atoms with van der Waals surface area (Å²) in [5.74, 6) is 1.45. The third-order valence-corrected chi connectivity index (χ3v) is 1.86. The Balaban J connectivity index is 2.99. The van der Waals surface area contributed by atoms with Crippen LogP contribution >= 0.6 is 15.9 Å². The zero-order chi connectivity index (χ0) is 8.27. The number of rotatable bonds is 2. The van der Waals surface area contributed by atoms with Crippen LogP contribution in [0.5, 0.6) is 11.5 Å². The topological polar surface area (TPSA) is 18.5 Å². The van der Waals surface area contributed by atoms with Crippen molar-refractivity contribution >= 4 is 15.9 Å². The second-order valence-corrected chi connectivity index (χ2v) is 2.70. The van der Waals surface area contributed by atoms with E-state index in [1.165, 1.54) is 0 Å². The summed E-state index contributed by atoms with van der Waals surface area (Å²) in [4.78, 5) is 0. The Morgan fingerprint density at radius 1 is 1.27 bits per heavy atom. The van der Waals surface area contributed by atoms with E-state index >= 15 is 0 Å². The zero-order valence-corrected chi connectivity index (χ0v) is 7.94. The molecule has 1 aromatic rings. The molecule has 59 valence electrons. The molecule has 0 aliphatic heterocycles. The van der Waals surface area contributed by atoms with Crippen molar-refractivity contribution in [2.45, 2.75) is 0 Å². The molecular formula is C8H8BrO2. The van der Waals surface area contributed by atoms with Gasteiger partial charge in [-0.05, 0) is 28.1 Å². The number of hydrogen-bond acceptors (Lipinski definition) is 2.